The number of oxazole rings is 1. The fraction of sp³-hybridized carbons (Fsp3) is 0.320. The van der Waals surface area contributed by atoms with Crippen LogP contribution in [0.25, 0.3) is 11.3 Å². The van der Waals surface area contributed by atoms with Gasteiger partial charge in [0.25, 0.3) is 5.91 Å². The first-order chi connectivity index (χ1) is 16.3. The lowest BCUT2D eigenvalue weighted by atomic mass is 10.0. The SMILES string of the molecule is CCC(NC(=O)CCc1ncc(-c2ccc(F)cc2F)o1)c1ccccc1OCC(=O)N(C)C. The summed E-state index contributed by atoms with van der Waals surface area (Å²) in [6.45, 7) is 1.83. The van der Waals surface area contributed by atoms with Crippen molar-refractivity contribution >= 4 is 11.8 Å². The Morgan fingerprint density at radius 1 is 1.18 bits per heavy atom. The molecule has 0 bridgehead atoms. The Kier molecular flexibility index (Phi) is 8.34. The Balaban J connectivity index is 1.60. The first-order valence-corrected chi connectivity index (χ1v) is 10.9. The first-order valence-electron chi connectivity index (χ1n) is 10.9. The third-order valence-corrected chi connectivity index (χ3v) is 5.20. The van der Waals surface area contributed by atoms with Crippen LogP contribution in [0.1, 0.15) is 37.3 Å². The Bertz CT molecular complexity index is 1150. The second-order valence-corrected chi connectivity index (χ2v) is 7.89. The van der Waals surface area contributed by atoms with E-state index in [0.29, 0.717) is 12.2 Å². The number of carbonyl (C=O) groups excluding carboxylic acids is 2. The normalized spacial score (nSPS) is 11.7. The lowest BCUT2D eigenvalue weighted by Gasteiger charge is -2.21. The fourth-order valence-electron chi connectivity index (χ4n) is 3.29. The molecule has 7 nitrogen and oxygen atoms in total. The number of benzene rings is 2. The molecule has 2 amide bonds. The van der Waals surface area contributed by atoms with Gasteiger partial charge in [-0.25, -0.2) is 13.8 Å². The fourth-order valence-corrected chi connectivity index (χ4v) is 3.29. The molecule has 1 aromatic heterocycles. The Morgan fingerprint density at radius 2 is 1.94 bits per heavy atom. The molecule has 34 heavy (non-hydrogen) atoms. The van der Waals surface area contributed by atoms with E-state index >= 15 is 0 Å². The summed E-state index contributed by atoms with van der Waals surface area (Å²) in [5, 5.41) is 2.97. The lowest BCUT2D eigenvalue weighted by molar-refractivity contribution is -0.130. The van der Waals surface area contributed by atoms with Gasteiger partial charge in [-0.15, -0.1) is 0 Å². The summed E-state index contributed by atoms with van der Waals surface area (Å²) in [5.41, 5.74) is 0.870. The number of likely N-dealkylation sites (N-methyl/N-ethyl adjacent to an activating group) is 1. The van der Waals surface area contributed by atoms with Crippen LogP contribution in [-0.4, -0.2) is 42.4 Å². The van der Waals surface area contributed by atoms with Gasteiger partial charge in [0.2, 0.25) is 5.91 Å². The quantitative estimate of drug-likeness (QED) is 0.477. The topological polar surface area (TPSA) is 84.7 Å². The minimum atomic E-state index is -0.751. The van der Waals surface area contributed by atoms with Crippen LogP contribution in [0.4, 0.5) is 8.78 Å². The van der Waals surface area contributed by atoms with Crippen molar-refractivity contribution in [3.05, 3.63) is 71.8 Å². The van der Waals surface area contributed by atoms with Crippen LogP contribution in [0.2, 0.25) is 0 Å². The summed E-state index contributed by atoms with van der Waals surface area (Å²) in [7, 11) is 3.30. The van der Waals surface area contributed by atoms with Crippen LogP contribution < -0.4 is 10.1 Å². The second kappa shape index (κ2) is 11.4. The van der Waals surface area contributed by atoms with Crippen molar-refractivity contribution < 1.29 is 27.5 Å². The van der Waals surface area contributed by atoms with Gasteiger partial charge in [-0.05, 0) is 24.6 Å². The molecule has 0 spiro atoms. The highest BCUT2D eigenvalue weighted by Crippen LogP contribution is 2.28. The molecule has 3 rings (SSSR count). The molecule has 1 atom stereocenters. The number of carbonyl (C=O) groups is 2. The Hall–Kier alpha value is -3.75. The number of hydrogen-bond donors (Lipinski definition) is 1. The monoisotopic (exact) mass is 471 g/mol. The standard InChI is InChI=1S/C25H27F2N3O4/c1-4-20(18-7-5-6-8-21(18)33-15-25(32)30(2)3)29-23(31)11-12-24-28-14-22(34-24)17-10-9-16(26)13-19(17)27/h5-10,13-14,20H,4,11-12,15H2,1-3H3,(H,29,31). The van der Waals surface area contributed by atoms with E-state index < -0.39 is 11.6 Å². The summed E-state index contributed by atoms with van der Waals surface area (Å²) in [6.07, 6.45) is 2.27. The Labute approximate surface area is 196 Å². The number of ether oxygens (including phenoxy) is 1. The van der Waals surface area contributed by atoms with Gasteiger partial charge in [-0.2, -0.15) is 0 Å². The molecule has 9 heteroatoms. The number of nitrogens with zero attached hydrogens (tertiary/aromatic N) is 2. The number of halogens is 2. The molecule has 0 saturated carbocycles. The predicted molar refractivity (Wildman–Crippen MR) is 122 cm³/mol. The average Bonchev–Trinajstić information content (AvgIpc) is 3.28. The highest BCUT2D eigenvalue weighted by atomic mass is 19.1. The molecule has 3 aromatic rings. The molecule has 0 aliphatic rings. The zero-order chi connectivity index (χ0) is 24.7. The summed E-state index contributed by atoms with van der Waals surface area (Å²) in [5.74, 6) is -0.857. The molecular formula is C25H27F2N3O4. The minimum absolute atomic E-state index is 0.0972. The molecular weight excluding hydrogens is 444 g/mol. The van der Waals surface area contributed by atoms with Gasteiger partial charge in [0.15, 0.2) is 18.3 Å². The molecule has 1 unspecified atom stereocenters. The first kappa shape index (κ1) is 24.9. The third-order valence-electron chi connectivity index (χ3n) is 5.20. The van der Waals surface area contributed by atoms with Gasteiger partial charge in [0.05, 0.1) is 17.8 Å². The predicted octanol–water partition coefficient (Wildman–Crippen LogP) is 4.29. The van der Waals surface area contributed by atoms with Gasteiger partial charge < -0.3 is 19.4 Å². The van der Waals surface area contributed by atoms with Crippen LogP contribution in [0, 0.1) is 11.6 Å². The zero-order valence-electron chi connectivity index (χ0n) is 19.3. The van der Waals surface area contributed by atoms with Gasteiger partial charge in [0.1, 0.15) is 17.4 Å². The van der Waals surface area contributed by atoms with Crippen LogP contribution in [0.5, 0.6) is 5.75 Å². The number of amides is 2. The van der Waals surface area contributed by atoms with E-state index in [1.165, 1.54) is 17.2 Å². The lowest BCUT2D eigenvalue weighted by Crippen LogP contribution is -2.30. The maximum atomic E-state index is 14.0. The van der Waals surface area contributed by atoms with Gasteiger partial charge >= 0.3 is 0 Å². The molecule has 0 fully saturated rings. The molecule has 180 valence electrons. The highest BCUT2D eigenvalue weighted by Gasteiger charge is 2.19. The number of aryl methyl sites for hydroxylation is 1. The second-order valence-electron chi connectivity index (χ2n) is 7.89. The van der Waals surface area contributed by atoms with Crippen LogP contribution in [0.15, 0.2) is 53.1 Å². The van der Waals surface area contributed by atoms with E-state index in [9.17, 15) is 18.4 Å². The zero-order valence-corrected chi connectivity index (χ0v) is 19.3. The van der Waals surface area contributed by atoms with Crippen molar-refractivity contribution in [2.75, 3.05) is 20.7 Å². The van der Waals surface area contributed by atoms with Crippen molar-refractivity contribution in [1.29, 1.82) is 0 Å². The third kappa shape index (κ3) is 6.40. The summed E-state index contributed by atoms with van der Waals surface area (Å²) >= 11 is 0. The molecule has 0 aliphatic carbocycles. The van der Waals surface area contributed by atoms with Crippen LogP contribution in [-0.2, 0) is 16.0 Å². The van der Waals surface area contributed by atoms with Gasteiger partial charge in [-0.3, -0.25) is 9.59 Å². The molecule has 0 aliphatic heterocycles. The maximum absolute atomic E-state index is 14.0. The number of nitrogens with one attached hydrogen (secondary N) is 1. The van der Waals surface area contributed by atoms with Crippen molar-refractivity contribution in [3.63, 3.8) is 0 Å². The smallest absolute Gasteiger partial charge is 0.259 e. The van der Waals surface area contributed by atoms with Crippen molar-refractivity contribution in [3.8, 4) is 17.1 Å². The van der Waals surface area contributed by atoms with E-state index in [-0.39, 0.29) is 54.5 Å². The largest absolute Gasteiger partial charge is 0.483 e. The Morgan fingerprint density at radius 3 is 2.65 bits per heavy atom. The summed E-state index contributed by atoms with van der Waals surface area (Å²) < 4.78 is 38.3. The number of rotatable bonds is 10. The van der Waals surface area contributed by atoms with E-state index in [2.05, 4.69) is 10.3 Å². The van der Waals surface area contributed by atoms with Crippen molar-refractivity contribution in [1.82, 2.24) is 15.2 Å². The number of aromatic nitrogens is 1. The minimum Gasteiger partial charge on any atom is -0.483 e. The molecule has 0 saturated heterocycles. The van der Waals surface area contributed by atoms with Gasteiger partial charge in [-0.1, -0.05) is 25.1 Å². The van der Waals surface area contributed by atoms with Gasteiger partial charge in [0, 0.05) is 38.6 Å². The molecule has 0 radical (unpaired) electrons. The average molecular weight is 472 g/mol. The van der Waals surface area contributed by atoms with Crippen LogP contribution >= 0.6 is 0 Å². The van der Waals surface area contributed by atoms with Crippen molar-refractivity contribution in [2.45, 2.75) is 32.2 Å². The van der Waals surface area contributed by atoms with E-state index in [0.717, 1.165) is 17.7 Å². The number of hydrogen-bond acceptors (Lipinski definition) is 5. The molecule has 1 N–H and O–H groups in total. The van der Waals surface area contributed by atoms with Crippen LogP contribution in [0.3, 0.4) is 0 Å². The molecule has 1 heterocycles. The summed E-state index contributed by atoms with van der Waals surface area (Å²) in [4.78, 5) is 30.0. The maximum Gasteiger partial charge on any atom is 0.259 e. The summed E-state index contributed by atoms with van der Waals surface area (Å²) in [6, 6.07) is 10.1. The number of para-hydroxylation sites is 1. The van der Waals surface area contributed by atoms with E-state index in [1.54, 1.807) is 26.2 Å². The van der Waals surface area contributed by atoms with E-state index in [4.69, 9.17) is 9.15 Å². The van der Waals surface area contributed by atoms with Crippen molar-refractivity contribution in [2.24, 2.45) is 0 Å². The highest BCUT2D eigenvalue weighted by molar-refractivity contribution is 5.77. The molecule has 2 aromatic carbocycles. The van der Waals surface area contributed by atoms with E-state index in [1.807, 2.05) is 19.1 Å².